The van der Waals surface area contributed by atoms with Crippen LogP contribution in [0.25, 0.3) is 33.5 Å². The zero-order chi connectivity index (χ0) is 20.7. The van der Waals surface area contributed by atoms with Gasteiger partial charge in [0.25, 0.3) is 0 Å². The van der Waals surface area contributed by atoms with E-state index in [0.29, 0.717) is 35.7 Å². The molecule has 1 saturated carbocycles. The highest BCUT2D eigenvalue weighted by atomic mass is 19.1. The van der Waals surface area contributed by atoms with Gasteiger partial charge in [-0.1, -0.05) is 18.2 Å². The molecule has 6 nitrogen and oxygen atoms in total. The number of halogens is 1. The van der Waals surface area contributed by atoms with E-state index >= 15 is 0 Å². The standard InChI is InChI=1S/C23H18FN3O3/c24-18-11-13(5-7-17(18)22-26-19-3-1-2-4-20(19)27-22)14-6-8-21(25-12-14)30-16-9-15(10-16)23(28)29/h1-8,11-12,15-16H,9-10H2,(H,26,27)(H,28,29)/t15-,16-. The van der Waals surface area contributed by atoms with Gasteiger partial charge in [-0.2, -0.15) is 0 Å². The normalized spacial score (nSPS) is 18.2. The van der Waals surface area contributed by atoms with E-state index in [1.807, 2.05) is 36.4 Å². The van der Waals surface area contributed by atoms with Gasteiger partial charge < -0.3 is 14.8 Å². The highest BCUT2D eigenvalue weighted by molar-refractivity contribution is 5.80. The molecule has 5 rings (SSSR count). The van der Waals surface area contributed by atoms with Crippen molar-refractivity contribution in [2.45, 2.75) is 18.9 Å². The number of rotatable bonds is 5. The van der Waals surface area contributed by atoms with Crippen molar-refractivity contribution >= 4 is 17.0 Å². The van der Waals surface area contributed by atoms with Gasteiger partial charge in [0.1, 0.15) is 17.7 Å². The van der Waals surface area contributed by atoms with E-state index in [4.69, 9.17) is 9.84 Å². The first kappa shape index (κ1) is 18.3. The fourth-order valence-electron chi connectivity index (χ4n) is 3.62. The Kier molecular flexibility index (Phi) is 4.43. The molecule has 0 aliphatic heterocycles. The molecule has 1 aliphatic rings. The third kappa shape index (κ3) is 3.39. The predicted molar refractivity (Wildman–Crippen MR) is 109 cm³/mol. The Balaban J connectivity index is 1.32. The minimum Gasteiger partial charge on any atom is -0.481 e. The van der Waals surface area contributed by atoms with Crippen molar-refractivity contribution in [3.8, 4) is 28.4 Å². The van der Waals surface area contributed by atoms with Crippen LogP contribution in [0.15, 0.2) is 60.8 Å². The van der Waals surface area contributed by atoms with Gasteiger partial charge in [-0.25, -0.2) is 14.4 Å². The van der Waals surface area contributed by atoms with Crippen molar-refractivity contribution in [1.82, 2.24) is 15.0 Å². The average molecular weight is 403 g/mol. The number of carbonyl (C=O) groups is 1. The number of hydrogen-bond acceptors (Lipinski definition) is 4. The van der Waals surface area contributed by atoms with Crippen LogP contribution in [0, 0.1) is 11.7 Å². The number of benzene rings is 2. The molecule has 1 aliphatic carbocycles. The van der Waals surface area contributed by atoms with Crippen LogP contribution >= 0.6 is 0 Å². The van der Waals surface area contributed by atoms with Crippen molar-refractivity contribution in [3.05, 3.63) is 66.6 Å². The molecule has 150 valence electrons. The lowest BCUT2D eigenvalue weighted by molar-refractivity contribution is -0.148. The number of pyridine rings is 1. The number of nitrogens with one attached hydrogen (secondary N) is 1. The number of fused-ring (bicyclic) bond motifs is 1. The number of imidazole rings is 1. The van der Waals surface area contributed by atoms with Gasteiger partial charge in [-0.3, -0.25) is 4.79 Å². The third-order valence-corrected chi connectivity index (χ3v) is 5.41. The number of hydrogen-bond donors (Lipinski definition) is 2. The summed E-state index contributed by atoms with van der Waals surface area (Å²) in [6, 6.07) is 16.1. The molecule has 0 radical (unpaired) electrons. The van der Waals surface area contributed by atoms with Gasteiger partial charge in [-0.15, -0.1) is 0 Å². The van der Waals surface area contributed by atoms with Crippen LogP contribution in [0.1, 0.15) is 12.8 Å². The number of aliphatic carboxylic acids is 1. The van der Waals surface area contributed by atoms with Crippen LogP contribution in [0.2, 0.25) is 0 Å². The maximum absolute atomic E-state index is 14.8. The van der Waals surface area contributed by atoms with E-state index in [0.717, 1.165) is 16.6 Å². The molecule has 4 aromatic rings. The van der Waals surface area contributed by atoms with Gasteiger partial charge in [0, 0.05) is 17.8 Å². The number of nitrogens with zero attached hydrogens (tertiary/aromatic N) is 2. The number of aromatic nitrogens is 3. The van der Waals surface area contributed by atoms with E-state index in [1.165, 1.54) is 6.07 Å². The topological polar surface area (TPSA) is 88.1 Å². The fourth-order valence-corrected chi connectivity index (χ4v) is 3.62. The number of H-pyrrole nitrogens is 1. The number of para-hydroxylation sites is 2. The van der Waals surface area contributed by atoms with Crippen LogP contribution in [0.3, 0.4) is 0 Å². The maximum Gasteiger partial charge on any atom is 0.306 e. The largest absolute Gasteiger partial charge is 0.481 e. The maximum atomic E-state index is 14.8. The van der Waals surface area contributed by atoms with Gasteiger partial charge in [0.05, 0.1) is 22.5 Å². The van der Waals surface area contributed by atoms with Crippen LogP contribution in [-0.2, 0) is 4.79 Å². The van der Waals surface area contributed by atoms with E-state index in [9.17, 15) is 9.18 Å². The quantitative estimate of drug-likeness (QED) is 0.505. The van der Waals surface area contributed by atoms with Crippen molar-refractivity contribution in [1.29, 1.82) is 0 Å². The minimum absolute atomic E-state index is 0.120. The molecule has 2 aromatic carbocycles. The molecular formula is C23H18FN3O3. The summed E-state index contributed by atoms with van der Waals surface area (Å²) in [7, 11) is 0. The van der Waals surface area contributed by atoms with Crippen molar-refractivity contribution in [2.75, 3.05) is 0 Å². The molecule has 0 atom stereocenters. The lowest BCUT2D eigenvalue weighted by Crippen LogP contribution is -2.38. The van der Waals surface area contributed by atoms with E-state index < -0.39 is 5.97 Å². The monoisotopic (exact) mass is 403 g/mol. The minimum atomic E-state index is -0.786. The van der Waals surface area contributed by atoms with E-state index in [-0.39, 0.29) is 17.8 Å². The zero-order valence-electron chi connectivity index (χ0n) is 15.9. The summed E-state index contributed by atoms with van der Waals surface area (Å²) in [4.78, 5) is 22.7. The number of aromatic amines is 1. The van der Waals surface area contributed by atoms with Gasteiger partial charge in [0.2, 0.25) is 5.88 Å². The first-order valence-corrected chi connectivity index (χ1v) is 9.67. The molecule has 0 saturated heterocycles. The highest BCUT2D eigenvalue weighted by Gasteiger charge is 2.36. The molecule has 0 unspecified atom stereocenters. The van der Waals surface area contributed by atoms with Crippen LogP contribution < -0.4 is 4.74 Å². The predicted octanol–water partition coefficient (Wildman–Crippen LogP) is 4.67. The number of carboxylic acid groups (broad SMARTS) is 1. The summed E-state index contributed by atoms with van der Waals surface area (Å²) in [5, 5.41) is 8.92. The van der Waals surface area contributed by atoms with Crippen molar-refractivity contribution in [3.63, 3.8) is 0 Å². The van der Waals surface area contributed by atoms with Gasteiger partial charge in [-0.05, 0) is 48.7 Å². The van der Waals surface area contributed by atoms with Crippen molar-refractivity contribution in [2.24, 2.45) is 5.92 Å². The first-order valence-electron chi connectivity index (χ1n) is 9.67. The SMILES string of the molecule is O=C(O)[C@H]1C[C@H](Oc2ccc(-c3ccc(-c4nc5ccccc5[nH]4)c(F)c3)cn2)C1. The van der Waals surface area contributed by atoms with Crippen molar-refractivity contribution < 1.29 is 19.0 Å². The molecule has 2 aromatic heterocycles. The Hall–Kier alpha value is -3.74. The number of carboxylic acids is 1. The Morgan fingerprint density at radius 1 is 1.10 bits per heavy atom. The lowest BCUT2D eigenvalue weighted by atomic mass is 9.82. The summed E-state index contributed by atoms with van der Waals surface area (Å²) in [6.07, 6.45) is 2.49. The molecular weight excluding hydrogens is 385 g/mol. The molecule has 0 spiro atoms. The average Bonchev–Trinajstić information content (AvgIpc) is 3.14. The second-order valence-electron chi connectivity index (χ2n) is 7.43. The second kappa shape index (κ2) is 7.26. The smallest absolute Gasteiger partial charge is 0.306 e. The molecule has 1 fully saturated rings. The molecule has 30 heavy (non-hydrogen) atoms. The molecule has 0 amide bonds. The first-order chi connectivity index (χ1) is 14.6. The summed E-state index contributed by atoms with van der Waals surface area (Å²) in [5.41, 5.74) is 3.50. The van der Waals surface area contributed by atoms with Gasteiger partial charge >= 0.3 is 5.97 Å². The van der Waals surface area contributed by atoms with E-state index in [1.54, 1.807) is 18.3 Å². The molecule has 2 N–H and O–H groups in total. The summed E-state index contributed by atoms with van der Waals surface area (Å²) in [5.74, 6) is -0.566. The van der Waals surface area contributed by atoms with Gasteiger partial charge in [0.15, 0.2) is 0 Å². The third-order valence-electron chi connectivity index (χ3n) is 5.41. The number of ether oxygens (including phenoxy) is 1. The Morgan fingerprint density at radius 2 is 1.90 bits per heavy atom. The van der Waals surface area contributed by atoms with Crippen LogP contribution in [0.5, 0.6) is 5.88 Å². The lowest BCUT2D eigenvalue weighted by Gasteiger charge is -2.31. The van der Waals surface area contributed by atoms with Crippen LogP contribution in [0.4, 0.5) is 4.39 Å². The Bertz CT molecular complexity index is 1200. The second-order valence-corrected chi connectivity index (χ2v) is 7.43. The Labute approximate surface area is 171 Å². The Morgan fingerprint density at radius 3 is 2.60 bits per heavy atom. The molecule has 2 heterocycles. The fraction of sp³-hybridized carbons (Fsp3) is 0.174. The summed E-state index contributed by atoms with van der Waals surface area (Å²) < 4.78 is 20.5. The van der Waals surface area contributed by atoms with Crippen LogP contribution in [-0.4, -0.2) is 32.1 Å². The molecule has 0 bridgehead atoms. The summed E-state index contributed by atoms with van der Waals surface area (Å²) >= 11 is 0. The van der Waals surface area contributed by atoms with E-state index in [2.05, 4.69) is 15.0 Å². The highest BCUT2D eigenvalue weighted by Crippen LogP contribution is 2.32. The molecule has 7 heteroatoms. The summed E-state index contributed by atoms with van der Waals surface area (Å²) in [6.45, 7) is 0. The zero-order valence-corrected chi connectivity index (χ0v) is 15.9.